The summed E-state index contributed by atoms with van der Waals surface area (Å²) >= 11 is 1.08. The van der Waals surface area contributed by atoms with Gasteiger partial charge in [0.15, 0.2) is 11.4 Å². The van der Waals surface area contributed by atoms with Gasteiger partial charge in [0.1, 0.15) is 0 Å². The van der Waals surface area contributed by atoms with E-state index in [0.29, 0.717) is 11.8 Å². The Balaban J connectivity index is 2.37. The number of anilines is 1. The van der Waals surface area contributed by atoms with Crippen LogP contribution in [0.1, 0.15) is 15.9 Å². The third-order valence-electron chi connectivity index (χ3n) is 3.24. The van der Waals surface area contributed by atoms with Gasteiger partial charge in [0, 0.05) is 0 Å². The van der Waals surface area contributed by atoms with Crippen LogP contribution in [0.4, 0.5) is 24.5 Å². The molecule has 2 rings (SSSR count). The number of hydrogen-bond donors (Lipinski definition) is 3. The van der Waals surface area contributed by atoms with Crippen LogP contribution in [-0.4, -0.2) is 17.3 Å². The molecule has 2 aromatic rings. The Kier molecular flexibility index (Phi) is 6.67. The molecule has 3 N–H and O–H groups in total. The molecular weight excluding hydrogens is 379 g/mol. The monoisotopic (exact) mass is 393 g/mol. The number of rotatable bonds is 4. The van der Waals surface area contributed by atoms with Crippen molar-refractivity contribution in [3.05, 3.63) is 59.7 Å². The summed E-state index contributed by atoms with van der Waals surface area (Å²) in [4.78, 5) is 16.5. The summed E-state index contributed by atoms with van der Waals surface area (Å²) < 4.78 is 39.1. The van der Waals surface area contributed by atoms with Crippen LogP contribution < -0.4 is 16.2 Å². The topological polar surface area (TPSA) is 89.3 Å². The molecular formula is C17H14F3N5OS. The van der Waals surface area contributed by atoms with E-state index in [1.54, 1.807) is 42.8 Å². The second kappa shape index (κ2) is 8.95. The van der Waals surface area contributed by atoms with Gasteiger partial charge in [-0.05, 0) is 36.6 Å². The van der Waals surface area contributed by atoms with Gasteiger partial charge in [0.25, 0.3) is 5.91 Å². The molecule has 0 radical (unpaired) electrons. The number of amides is 1. The maximum atomic E-state index is 13.0. The van der Waals surface area contributed by atoms with Gasteiger partial charge in [0.2, 0.25) is 0 Å². The van der Waals surface area contributed by atoms with Crippen molar-refractivity contribution in [3.8, 4) is 6.19 Å². The zero-order chi connectivity index (χ0) is 19.9. The number of hydrogen-bond acceptors (Lipinski definition) is 5. The van der Waals surface area contributed by atoms with Crippen molar-refractivity contribution in [2.45, 2.75) is 6.18 Å². The summed E-state index contributed by atoms with van der Waals surface area (Å²) in [5, 5.41) is 11.1. The maximum Gasteiger partial charge on any atom is 0.416 e. The van der Waals surface area contributed by atoms with E-state index in [4.69, 9.17) is 5.26 Å². The van der Waals surface area contributed by atoms with E-state index in [2.05, 4.69) is 21.2 Å². The number of halogens is 3. The number of nitrogens with zero attached hydrogens (tertiary/aromatic N) is 2. The Morgan fingerprint density at radius 2 is 1.89 bits per heavy atom. The zero-order valence-corrected chi connectivity index (χ0v) is 14.8. The van der Waals surface area contributed by atoms with E-state index in [1.807, 2.05) is 0 Å². The van der Waals surface area contributed by atoms with Crippen LogP contribution in [0.5, 0.6) is 0 Å². The van der Waals surface area contributed by atoms with Crippen LogP contribution in [0.3, 0.4) is 0 Å². The molecule has 10 heteroatoms. The molecule has 6 nitrogen and oxygen atoms in total. The SMILES string of the molecule is CSC(=Nc1ccc(C(F)(F)F)cc1C(=O)NNc1ccccc1)NC#N. The first kappa shape index (κ1) is 20.1. The largest absolute Gasteiger partial charge is 0.416 e. The predicted molar refractivity (Wildman–Crippen MR) is 98.3 cm³/mol. The van der Waals surface area contributed by atoms with E-state index in [1.165, 1.54) is 0 Å². The van der Waals surface area contributed by atoms with E-state index in [0.717, 1.165) is 23.9 Å². The number of amidine groups is 1. The lowest BCUT2D eigenvalue weighted by atomic mass is 10.1. The number of carbonyl (C=O) groups excluding carboxylic acids is 1. The lowest BCUT2D eigenvalue weighted by Crippen LogP contribution is -2.29. The Bertz CT molecular complexity index is 878. The number of nitrogens with one attached hydrogen (secondary N) is 3. The van der Waals surface area contributed by atoms with E-state index in [9.17, 15) is 18.0 Å². The number of para-hydroxylation sites is 1. The van der Waals surface area contributed by atoms with Crippen molar-refractivity contribution < 1.29 is 18.0 Å². The quantitative estimate of drug-likeness (QED) is 0.241. The number of thioether (sulfide) groups is 1. The third kappa shape index (κ3) is 5.65. The molecule has 0 saturated heterocycles. The number of benzene rings is 2. The van der Waals surface area contributed by atoms with E-state index >= 15 is 0 Å². The summed E-state index contributed by atoms with van der Waals surface area (Å²) in [5.41, 5.74) is 4.23. The highest BCUT2D eigenvalue weighted by Gasteiger charge is 2.32. The van der Waals surface area contributed by atoms with Gasteiger partial charge in [0.05, 0.1) is 22.5 Å². The Hall–Kier alpha value is -3.19. The number of alkyl halides is 3. The first-order chi connectivity index (χ1) is 12.8. The predicted octanol–water partition coefficient (Wildman–Crippen LogP) is 3.88. The fourth-order valence-electron chi connectivity index (χ4n) is 1.99. The molecule has 0 bridgehead atoms. The van der Waals surface area contributed by atoms with Crippen molar-refractivity contribution in [1.82, 2.24) is 10.7 Å². The molecule has 0 aliphatic heterocycles. The molecule has 0 aliphatic carbocycles. The van der Waals surface area contributed by atoms with Crippen LogP contribution in [0.25, 0.3) is 0 Å². The Morgan fingerprint density at radius 1 is 1.19 bits per heavy atom. The molecule has 0 fully saturated rings. The highest BCUT2D eigenvalue weighted by atomic mass is 32.2. The lowest BCUT2D eigenvalue weighted by Gasteiger charge is -2.13. The average Bonchev–Trinajstić information content (AvgIpc) is 2.66. The summed E-state index contributed by atoms with van der Waals surface area (Å²) in [7, 11) is 0. The van der Waals surface area contributed by atoms with Crippen LogP contribution in [0.2, 0.25) is 0 Å². The van der Waals surface area contributed by atoms with Crippen LogP contribution in [0, 0.1) is 11.5 Å². The smallest absolute Gasteiger partial charge is 0.298 e. The molecule has 0 aliphatic rings. The maximum absolute atomic E-state index is 13.0. The molecule has 0 spiro atoms. The normalized spacial score (nSPS) is 11.4. The van der Waals surface area contributed by atoms with E-state index < -0.39 is 17.6 Å². The van der Waals surface area contributed by atoms with Crippen molar-refractivity contribution in [2.24, 2.45) is 4.99 Å². The summed E-state index contributed by atoms with van der Waals surface area (Å²) in [6.07, 6.45) is -1.31. The molecule has 140 valence electrons. The molecule has 1 amide bonds. The molecule has 0 heterocycles. The van der Waals surface area contributed by atoms with Gasteiger partial charge >= 0.3 is 6.18 Å². The highest BCUT2D eigenvalue weighted by Crippen LogP contribution is 2.33. The first-order valence-corrected chi connectivity index (χ1v) is 8.68. The van der Waals surface area contributed by atoms with Gasteiger partial charge in [-0.3, -0.25) is 21.0 Å². The highest BCUT2D eigenvalue weighted by molar-refractivity contribution is 8.13. The fraction of sp³-hybridized carbons (Fsp3) is 0.118. The number of nitriles is 1. The van der Waals surface area contributed by atoms with Crippen LogP contribution in [-0.2, 0) is 6.18 Å². The molecule has 0 unspecified atom stereocenters. The summed E-state index contributed by atoms with van der Waals surface area (Å²) in [6, 6.07) is 11.2. The molecule has 27 heavy (non-hydrogen) atoms. The van der Waals surface area contributed by atoms with E-state index in [-0.39, 0.29) is 16.4 Å². The third-order valence-corrected chi connectivity index (χ3v) is 3.82. The minimum atomic E-state index is -4.61. The summed E-state index contributed by atoms with van der Waals surface area (Å²) in [6.45, 7) is 0. The standard InChI is InChI=1S/C17H14F3N5OS/c1-27-16(22-10-21)23-14-8-7-11(17(18,19)20)9-13(14)15(26)25-24-12-5-3-2-4-6-12/h2-9,24H,1H3,(H,22,23)(H,25,26). The molecule has 0 saturated carbocycles. The average molecular weight is 393 g/mol. The molecule has 0 aromatic heterocycles. The minimum Gasteiger partial charge on any atom is -0.298 e. The first-order valence-electron chi connectivity index (χ1n) is 7.45. The van der Waals surface area contributed by atoms with Crippen LogP contribution >= 0.6 is 11.8 Å². The van der Waals surface area contributed by atoms with Gasteiger partial charge in [-0.1, -0.05) is 30.0 Å². The van der Waals surface area contributed by atoms with Gasteiger partial charge < -0.3 is 0 Å². The number of hydrazine groups is 1. The Morgan fingerprint density at radius 3 is 2.48 bits per heavy atom. The lowest BCUT2D eigenvalue weighted by molar-refractivity contribution is -0.137. The summed E-state index contributed by atoms with van der Waals surface area (Å²) in [5.74, 6) is -0.805. The Labute approximate surface area is 157 Å². The minimum absolute atomic E-state index is 0.0116. The van der Waals surface area contributed by atoms with Crippen molar-refractivity contribution >= 4 is 34.2 Å². The molecule has 0 atom stereocenters. The second-order valence-corrected chi connectivity index (χ2v) is 5.83. The van der Waals surface area contributed by atoms with Gasteiger partial charge in [-0.2, -0.15) is 18.4 Å². The van der Waals surface area contributed by atoms with Crippen molar-refractivity contribution in [1.29, 1.82) is 5.26 Å². The van der Waals surface area contributed by atoms with Gasteiger partial charge in [-0.25, -0.2) is 4.99 Å². The van der Waals surface area contributed by atoms with Crippen molar-refractivity contribution in [2.75, 3.05) is 11.7 Å². The van der Waals surface area contributed by atoms with Crippen molar-refractivity contribution in [3.63, 3.8) is 0 Å². The fourth-order valence-corrected chi connectivity index (χ4v) is 2.33. The van der Waals surface area contributed by atoms with Gasteiger partial charge in [-0.15, -0.1) is 0 Å². The second-order valence-electron chi connectivity index (χ2n) is 5.03. The number of aliphatic imine (C=N–C) groups is 1. The zero-order valence-electron chi connectivity index (χ0n) is 14.0. The van der Waals surface area contributed by atoms with Crippen LogP contribution in [0.15, 0.2) is 53.5 Å². The molecule has 2 aromatic carbocycles. The number of carbonyl (C=O) groups is 1.